The average molecular weight is 445 g/mol. The molecule has 0 saturated heterocycles. The third-order valence-corrected chi connectivity index (χ3v) is 6.67. The first-order valence-electron chi connectivity index (χ1n) is 11.0. The molecule has 0 aliphatic heterocycles. The van der Waals surface area contributed by atoms with Crippen LogP contribution in [0.15, 0.2) is 54.7 Å². The van der Waals surface area contributed by atoms with E-state index in [2.05, 4.69) is 28.6 Å². The molecule has 1 atom stereocenters. The van der Waals surface area contributed by atoms with E-state index >= 15 is 0 Å². The Morgan fingerprint density at radius 2 is 1.94 bits per heavy atom. The Kier molecular flexibility index (Phi) is 5.43. The normalized spacial score (nSPS) is 15.5. The number of nitrogens with zero attached hydrogens (tertiary/aromatic N) is 3. The molecule has 0 saturated carbocycles. The van der Waals surface area contributed by atoms with Crippen molar-refractivity contribution in [2.75, 3.05) is 0 Å². The van der Waals surface area contributed by atoms with Gasteiger partial charge in [0.25, 0.3) is 5.91 Å². The summed E-state index contributed by atoms with van der Waals surface area (Å²) in [7, 11) is 0. The number of nitrogens with one attached hydrogen (secondary N) is 1. The summed E-state index contributed by atoms with van der Waals surface area (Å²) < 4.78 is 1.78. The lowest BCUT2D eigenvalue weighted by molar-refractivity contribution is 0.0934. The molecule has 2 aromatic carbocycles. The maximum atomic E-state index is 13.2. The van der Waals surface area contributed by atoms with Gasteiger partial charge in [-0.25, -0.2) is 9.50 Å². The van der Waals surface area contributed by atoms with Crippen molar-refractivity contribution < 1.29 is 4.79 Å². The van der Waals surface area contributed by atoms with Crippen LogP contribution in [-0.4, -0.2) is 20.5 Å². The highest BCUT2D eigenvalue weighted by atomic mass is 35.5. The molecule has 5 nitrogen and oxygen atoms in total. The summed E-state index contributed by atoms with van der Waals surface area (Å²) in [6.45, 7) is 4.02. The van der Waals surface area contributed by atoms with Crippen LogP contribution in [0.5, 0.6) is 0 Å². The number of benzene rings is 2. The molecule has 0 unspecified atom stereocenters. The van der Waals surface area contributed by atoms with Crippen LogP contribution < -0.4 is 5.32 Å². The van der Waals surface area contributed by atoms with E-state index in [9.17, 15) is 4.79 Å². The van der Waals surface area contributed by atoms with Gasteiger partial charge in [-0.2, -0.15) is 5.10 Å². The minimum absolute atomic E-state index is 0.0220. The topological polar surface area (TPSA) is 59.3 Å². The summed E-state index contributed by atoms with van der Waals surface area (Å²) in [5.74, 6) is -0.126. The maximum Gasteiger partial charge on any atom is 0.257 e. The number of halogens is 1. The van der Waals surface area contributed by atoms with Crippen molar-refractivity contribution in [2.24, 2.45) is 0 Å². The number of hydrogen-bond acceptors (Lipinski definition) is 3. The van der Waals surface area contributed by atoms with Gasteiger partial charge in [0.05, 0.1) is 12.2 Å². The number of hydrogen-bond donors (Lipinski definition) is 1. The van der Waals surface area contributed by atoms with Crippen LogP contribution in [0.25, 0.3) is 5.65 Å². The zero-order valence-corrected chi connectivity index (χ0v) is 19.0. The van der Waals surface area contributed by atoms with Crippen molar-refractivity contribution >= 4 is 23.2 Å². The standard InChI is InChI=1S/C26H25ClN4O/c1-16-22(14-18-10-12-20(27)13-11-18)17(2)31-25(29-16)23(15-28-31)26(32)30-24-9-5-7-19-6-3-4-8-21(19)24/h3-4,6,8,10-13,15,24H,5,7,9,14H2,1-2H3,(H,30,32)/t24-/m1/s1. The molecule has 5 rings (SSSR count). The summed E-state index contributed by atoms with van der Waals surface area (Å²) in [4.78, 5) is 18.0. The minimum Gasteiger partial charge on any atom is -0.345 e. The fraction of sp³-hybridized carbons (Fsp3) is 0.269. The molecule has 1 aliphatic rings. The Morgan fingerprint density at radius 1 is 1.16 bits per heavy atom. The lowest BCUT2D eigenvalue weighted by Gasteiger charge is -2.26. The Balaban J connectivity index is 1.45. The average Bonchev–Trinajstić information content (AvgIpc) is 3.22. The fourth-order valence-corrected chi connectivity index (χ4v) is 4.80. The molecule has 0 fully saturated rings. The van der Waals surface area contributed by atoms with Crippen LogP contribution in [0.1, 0.15) is 62.9 Å². The number of amides is 1. The van der Waals surface area contributed by atoms with E-state index in [1.807, 2.05) is 44.2 Å². The van der Waals surface area contributed by atoms with Gasteiger partial charge in [0.1, 0.15) is 5.56 Å². The lowest BCUT2D eigenvalue weighted by atomic mass is 9.87. The summed E-state index contributed by atoms with van der Waals surface area (Å²) in [6.07, 6.45) is 5.44. The number of fused-ring (bicyclic) bond motifs is 2. The first-order chi connectivity index (χ1) is 15.5. The molecule has 4 aromatic rings. The van der Waals surface area contributed by atoms with Gasteiger partial charge >= 0.3 is 0 Å². The van der Waals surface area contributed by atoms with E-state index < -0.39 is 0 Å². The van der Waals surface area contributed by atoms with E-state index in [1.54, 1.807) is 10.7 Å². The maximum absolute atomic E-state index is 13.2. The Hall–Kier alpha value is -3.18. The summed E-state index contributed by atoms with van der Waals surface area (Å²) in [6, 6.07) is 16.2. The second-order valence-corrected chi connectivity index (χ2v) is 8.91. The van der Waals surface area contributed by atoms with E-state index in [4.69, 9.17) is 16.6 Å². The Morgan fingerprint density at radius 3 is 2.75 bits per heavy atom. The van der Waals surface area contributed by atoms with E-state index in [0.717, 1.165) is 53.2 Å². The summed E-state index contributed by atoms with van der Waals surface area (Å²) >= 11 is 6.02. The predicted octanol–water partition coefficient (Wildman–Crippen LogP) is 5.40. The quantitative estimate of drug-likeness (QED) is 0.458. The molecule has 6 heteroatoms. The van der Waals surface area contributed by atoms with Gasteiger partial charge in [-0.3, -0.25) is 4.79 Å². The van der Waals surface area contributed by atoms with Crippen molar-refractivity contribution in [1.29, 1.82) is 0 Å². The predicted molar refractivity (Wildman–Crippen MR) is 126 cm³/mol. The molecular formula is C26H25ClN4O. The molecule has 0 spiro atoms. The largest absolute Gasteiger partial charge is 0.345 e. The molecule has 162 valence electrons. The lowest BCUT2D eigenvalue weighted by Crippen LogP contribution is -2.31. The van der Waals surface area contributed by atoms with Crippen molar-refractivity contribution in [2.45, 2.75) is 45.6 Å². The first kappa shape index (κ1) is 20.7. The highest BCUT2D eigenvalue weighted by Gasteiger charge is 2.24. The fourth-order valence-electron chi connectivity index (χ4n) is 4.67. The smallest absolute Gasteiger partial charge is 0.257 e. The van der Waals surface area contributed by atoms with Crippen LogP contribution in [0, 0.1) is 13.8 Å². The van der Waals surface area contributed by atoms with Crippen molar-refractivity contribution in [3.8, 4) is 0 Å². The van der Waals surface area contributed by atoms with Crippen LogP contribution in [-0.2, 0) is 12.8 Å². The van der Waals surface area contributed by atoms with Crippen molar-refractivity contribution in [3.63, 3.8) is 0 Å². The monoisotopic (exact) mass is 444 g/mol. The molecular weight excluding hydrogens is 420 g/mol. The molecule has 2 heterocycles. The minimum atomic E-state index is -0.126. The third kappa shape index (κ3) is 3.78. The van der Waals surface area contributed by atoms with Gasteiger partial charge < -0.3 is 5.32 Å². The number of carbonyl (C=O) groups excluding carboxylic acids is 1. The summed E-state index contributed by atoms with van der Waals surface area (Å²) in [5, 5.41) is 8.45. The SMILES string of the molecule is Cc1nc2c(C(=O)N[C@@H]3CCCc4ccccc43)cnn2c(C)c1Cc1ccc(Cl)cc1. The van der Waals surface area contributed by atoms with Crippen molar-refractivity contribution in [3.05, 3.63) is 99.0 Å². The highest BCUT2D eigenvalue weighted by Crippen LogP contribution is 2.30. The number of rotatable bonds is 4. The number of carbonyl (C=O) groups is 1. The zero-order chi connectivity index (χ0) is 22.2. The van der Waals surface area contributed by atoms with Gasteiger partial charge in [0.15, 0.2) is 5.65 Å². The molecule has 32 heavy (non-hydrogen) atoms. The van der Waals surface area contributed by atoms with E-state index in [1.165, 1.54) is 11.1 Å². The first-order valence-corrected chi connectivity index (χ1v) is 11.4. The third-order valence-electron chi connectivity index (χ3n) is 6.42. The molecule has 0 bridgehead atoms. The van der Waals surface area contributed by atoms with Gasteiger partial charge in [0.2, 0.25) is 0 Å². The number of aryl methyl sites for hydroxylation is 3. The molecule has 1 aliphatic carbocycles. The van der Waals surface area contributed by atoms with Gasteiger partial charge in [-0.05, 0) is 67.5 Å². The van der Waals surface area contributed by atoms with E-state index in [-0.39, 0.29) is 11.9 Å². The Labute approximate surface area is 192 Å². The molecule has 0 radical (unpaired) electrons. The highest BCUT2D eigenvalue weighted by molar-refractivity contribution is 6.30. The van der Waals surface area contributed by atoms with Crippen LogP contribution in [0.4, 0.5) is 0 Å². The van der Waals surface area contributed by atoms with Gasteiger partial charge in [-0.15, -0.1) is 0 Å². The van der Waals surface area contributed by atoms with Crippen molar-refractivity contribution in [1.82, 2.24) is 19.9 Å². The van der Waals surface area contributed by atoms with Crippen LogP contribution in [0.3, 0.4) is 0 Å². The summed E-state index contributed by atoms with van der Waals surface area (Å²) in [5.41, 5.74) is 7.81. The van der Waals surface area contributed by atoms with Crippen LogP contribution >= 0.6 is 11.6 Å². The second-order valence-electron chi connectivity index (χ2n) is 8.48. The van der Waals surface area contributed by atoms with Gasteiger partial charge in [-0.1, -0.05) is 48.0 Å². The van der Waals surface area contributed by atoms with Crippen LogP contribution in [0.2, 0.25) is 5.02 Å². The molecule has 2 aromatic heterocycles. The zero-order valence-electron chi connectivity index (χ0n) is 18.2. The second kappa shape index (κ2) is 8.40. The van der Waals surface area contributed by atoms with E-state index in [0.29, 0.717) is 11.2 Å². The molecule has 1 amide bonds. The van der Waals surface area contributed by atoms with Gasteiger partial charge in [0, 0.05) is 22.8 Å². The Bertz CT molecular complexity index is 1310. The number of aromatic nitrogens is 3. The molecule has 1 N–H and O–H groups in total.